The van der Waals surface area contributed by atoms with E-state index in [-0.39, 0.29) is 0 Å². The minimum Gasteiger partial charge on any atom is -0.306 e. The summed E-state index contributed by atoms with van der Waals surface area (Å²) in [5.74, 6) is 0. The first-order valence-electron chi connectivity index (χ1n) is 6.61. The lowest BCUT2D eigenvalue weighted by Gasteiger charge is -2.15. The molecule has 100 valence electrons. The smallest absolute Gasteiger partial charge is 0.0406 e. The van der Waals surface area contributed by atoms with Gasteiger partial charge in [0.25, 0.3) is 0 Å². The second kappa shape index (κ2) is 6.23. The van der Waals surface area contributed by atoms with Gasteiger partial charge in [-0.25, -0.2) is 0 Å². The summed E-state index contributed by atoms with van der Waals surface area (Å²) in [6.07, 6.45) is 0. The molecule has 1 atom stereocenters. The summed E-state index contributed by atoms with van der Waals surface area (Å²) in [6.45, 7) is 7.35. The number of benzene rings is 2. The predicted octanol–water partition coefficient (Wildman–Crippen LogP) is 4.81. The van der Waals surface area contributed by atoms with Crippen LogP contribution in [0.4, 0.5) is 0 Å². The lowest BCUT2D eigenvalue weighted by molar-refractivity contribution is 0.573. The van der Waals surface area contributed by atoms with Crippen molar-refractivity contribution in [3.05, 3.63) is 69.7 Å². The Hall–Kier alpha value is -1.31. The van der Waals surface area contributed by atoms with Crippen molar-refractivity contribution in [2.75, 3.05) is 0 Å². The van der Waals surface area contributed by atoms with E-state index in [9.17, 15) is 0 Å². The highest BCUT2D eigenvalue weighted by molar-refractivity contribution is 6.30. The third-order valence-corrected chi connectivity index (χ3v) is 3.72. The molecule has 0 aliphatic carbocycles. The zero-order valence-electron chi connectivity index (χ0n) is 11.7. The van der Waals surface area contributed by atoms with Gasteiger partial charge < -0.3 is 5.32 Å². The van der Waals surface area contributed by atoms with Crippen LogP contribution in [-0.4, -0.2) is 0 Å². The van der Waals surface area contributed by atoms with Gasteiger partial charge in [-0.15, -0.1) is 0 Å². The Labute approximate surface area is 120 Å². The summed E-state index contributed by atoms with van der Waals surface area (Å²) in [5.41, 5.74) is 5.27. The van der Waals surface area contributed by atoms with Gasteiger partial charge in [-0.1, -0.05) is 47.5 Å². The molecule has 1 nitrogen and oxygen atoms in total. The molecule has 2 heteroatoms. The Morgan fingerprint density at radius 2 is 1.74 bits per heavy atom. The first-order chi connectivity index (χ1) is 9.06. The van der Waals surface area contributed by atoms with Crippen LogP contribution in [0.25, 0.3) is 0 Å². The highest BCUT2D eigenvalue weighted by Crippen LogP contribution is 2.17. The normalized spacial score (nSPS) is 12.4. The monoisotopic (exact) mass is 273 g/mol. The van der Waals surface area contributed by atoms with Gasteiger partial charge >= 0.3 is 0 Å². The van der Waals surface area contributed by atoms with Gasteiger partial charge in [0.1, 0.15) is 0 Å². The zero-order chi connectivity index (χ0) is 13.8. The van der Waals surface area contributed by atoms with Crippen molar-refractivity contribution < 1.29 is 0 Å². The molecule has 0 saturated carbocycles. The fraction of sp³-hybridized carbons (Fsp3) is 0.294. The van der Waals surface area contributed by atoms with Crippen LogP contribution in [0.15, 0.2) is 42.5 Å². The van der Waals surface area contributed by atoms with Gasteiger partial charge in [-0.05, 0) is 49.6 Å². The summed E-state index contributed by atoms with van der Waals surface area (Å²) in [7, 11) is 0. The van der Waals surface area contributed by atoms with Crippen LogP contribution in [0.1, 0.15) is 35.2 Å². The van der Waals surface area contributed by atoms with E-state index in [2.05, 4.69) is 56.4 Å². The maximum Gasteiger partial charge on any atom is 0.0406 e. The third kappa shape index (κ3) is 3.82. The third-order valence-electron chi connectivity index (χ3n) is 3.47. The molecule has 2 aromatic rings. The van der Waals surface area contributed by atoms with Gasteiger partial charge in [-0.2, -0.15) is 0 Å². The minimum absolute atomic E-state index is 0.318. The molecule has 0 fully saturated rings. The van der Waals surface area contributed by atoms with Gasteiger partial charge in [0.15, 0.2) is 0 Å². The molecule has 0 aliphatic rings. The number of aryl methyl sites for hydroxylation is 2. The molecular weight excluding hydrogens is 254 g/mol. The summed E-state index contributed by atoms with van der Waals surface area (Å²) >= 11 is 5.90. The summed E-state index contributed by atoms with van der Waals surface area (Å²) in [4.78, 5) is 0. The van der Waals surface area contributed by atoms with Crippen LogP contribution in [0.2, 0.25) is 5.02 Å². The molecule has 2 aromatic carbocycles. The molecule has 0 bridgehead atoms. The Balaban J connectivity index is 2.00. The predicted molar refractivity (Wildman–Crippen MR) is 82.6 cm³/mol. The van der Waals surface area contributed by atoms with Crippen molar-refractivity contribution >= 4 is 11.6 Å². The zero-order valence-corrected chi connectivity index (χ0v) is 12.5. The summed E-state index contributed by atoms with van der Waals surface area (Å²) in [6, 6.07) is 14.9. The number of rotatable bonds is 4. The van der Waals surface area contributed by atoms with E-state index >= 15 is 0 Å². The Morgan fingerprint density at radius 1 is 1.05 bits per heavy atom. The van der Waals surface area contributed by atoms with E-state index in [1.807, 2.05) is 12.1 Å². The molecule has 0 saturated heterocycles. The van der Waals surface area contributed by atoms with E-state index < -0.39 is 0 Å². The number of hydrogen-bond donors (Lipinski definition) is 1. The van der Waals surface area contributed by atoms with E-state index in [0.717, 1.165) is 11.6 Å². The first-order valence-corrected chi connectivity index (χ1v) is 6.99. The summed E-state index contributed by atoms with van der Waals surface area (Å²) in [5, 5.41) is 4.33. The SMILES string of the molecule is Cc1ccc(CNC(C)c2ccc(Cl)cc2)c(C)c1. The van der Waals surface area contributed by atoms with Crippen molar-refractivity contribution in [3.8, 4) is 0 Å². The van der Waals surface area contributed by atoms with Crippen LogP contribution in [-0.2, 0) is 6.54 Å². The average molecular weight is 274 g/mol. The Morgan fingerprint density at radius 3 is 2.37 bits per heavy atom. The number of nitrogens with one attached hydrogen (secondary N) is 1. The van der Waals surface area contributed by atoms with Crippen molar-refractivity contribution in [2.45, 2.75) is 33.4 Å². The maximum atomic E-state index is 5.90. The molecule has 1 unspecified atom stereocenters. The molecule has 19 heavy (non-hydrogen) atoms. The molecule has 0 radical (unpaired) electrons. The largest absolute Gasteiger partial charge is 0.306 e. The maximum absolute atomic E-state index is 5.90. The minimum atomic E-state index is 0.318. The van der Waals surface area contributed by atoms with Gasteiger partial charge in [0.05, 0.1) is 0 Å². The molecule has 0 heterocycles. The van der Waals surface area contributed by atoms with Crippen LogP contribution >= 0.6 is 11.6 Å². The highest BCUT2D eigenvalue weighted by Gasteiger charge is 2.05. The number of hydrogen-bond acceptors (Lipinski definition) is 1. The standard InChI is InChI=1S/C17H20ClN/c1-12-4-5-16(13(2)10-12)11-19-14(3)15-6-8-17(18)9-7-15/h4-10,14,19H,11H2,1-3H3. The van der Waals surface area contributed by atoms with Gasteiger partial charge in [0, 0.05) is 17.6 Å². The fourth-order valence-corrected chi connectivity index (χ4v) is 2.30. The molecule has 1 N–H and O–H groups in total. The van der Waals surface area contributed by atoms with E-state index in [1.165, 1.54) is 22.3 Å². The van der Waals surface area contributed by atoms with Crippen LogP contribution in [0.5, 0.6) is 0 Å². The van der Waals surface area contributed by atoms with Crippen LogP contribution < -0.4 is 5.32 Å². The van der Waals surface area contributed by atoms with E-state index in [0.29, 0.717) is 6.04 Å². The van der Waals surface area contributed by atoms with Crippen LogP contribution in [0, 0.1) is 13.8 Å². The fourth-order valence-electron chi connectivity index (χ4n) is 2.18. The van der Waals surface area contributed by atoms with E-state index in [1.54, 1.807) is 0 Å². The molecule has 0 aromatic heterocycles. The van der Waals surface area contributed by atoms with Gasteiger partial charge in [-0.3, -0.25) is 0 Å². The summed E-state index contributed by atoms with van der Waals surface area (Å²) < 4.78 is 0. The second-order valence-electron chi connectivity index (χ2n) is 5.08. The highest BCUT2D eigenvalue weighted by atomic mass is 35.5. The lowest BCUT2D eigenvalue weighted by atomic mass is 10.0. The Bertz CT molecular complexity index is 546. The first kappa shape index (κ1) is 14.1. The molecule has 0 spiro atoms. The van der Waals surface area contributed by atoms with Crippen molar-refractivity contribution in [3.63, 3.8) is 0 Å². The average Bonchev–Trinajstić information content (AvgIpc) is 2.38. The molecule has 0 amide bonds. The van der Waals surface area contributed by atoms with Crippen LogP contribution in [0.3, 0.4) is 0 Å². The molecule has 0 aliphatic heterocycles. The molecule has 2 rings (SSSR count). The molecular formula is C17H20ClN. The van der Waals surface area contributed by atoms with Crippen molar-refractivity contribution in [1.82, 2.24) is 5.32 Å². The number of halogens is 1. The van der Waals surface area contributed by atoms with Crippen molar-refractivity contribution in [2.24, 2.45) is 0 Å². The topological polar surface area (TPSA) is 12.0 Å². The quantitative estimate of drug-likeness (QED) is 0.843. The van der Waals surface area contributed by atoms with Gasteiger partial charge in [0.2, 0.25) is 0 Å². The lowest BCUT2D eigenvalue weighted by Crippen LogP contribution is -2.18. The van der Waals surface area contributed by atoms with E-state index in [4.69, 9.17) is 11.6 Å². The Kier molecular flexibility index (Phi) is 4.62. The second-order valence-corrected chi connectivity index (χ2v) is 5.52. The van der Waals surface area contributed by atoms with Crippen molar-refractivity contribution in [1.29, 1.82) is 0 Å².